The van der Waals surface area contributed by atoms with Gasteiger partial charge in [0, 0.05) is 12.1 Å². The Bertz CT molecular complexity index is 356. The first-order valence-electron chi connectivity index (χ1n) is 6.99. The molecule has 0 aliphatic heterocycles. The minimum atomic E-state index is 0.733. The molecule has 0 bridgehead atoms. The van der Waals surface area contributed by atoms with Crippen LogP contribution < -0.4 is 10.6 Å². The Morgan fingerprint density at radius 2 is 1.67 bits per heavy atom. The van der Waals surface area contributed by atoms with Crippen LogP contribution >= 0.6 is 0 Å². The maximum absolute atomic E-state index is 5.61. The van der Waals surface area contributed by atoms with Crippen molar-refractivity contribution >= 4 is 0 Å². The molecule has 0 saturated heterocycles. The molecular formula is C15H28N2O. The number of rotatable bonds is 8. The van der Waals surface area contributed by atoms with Crippen molar-refractivity contribution in [3.05, 3.63) is 22.6 Å². The molecule has 104 valence electrons. The Labute approximate surface area is 111 Å². The lowest BCUT2D eigenvalue weighted by Crippen LogP contribution is -2.24. The second kappa shape index (κ2) is 7.59. The fraction of sp³-hybridized carbons (Fsp3) is 0.733. The SMILES string of the molecule is Cc1oc(C)c(CNCCCNCC(C)C)c1C. The minimum absolute atomic E-state index is 0.733. The molecule has 0 aromatic carbocycles. The first-order chi connectivity index (χ1) is 8.52. The molecule has 1 rings (SSSR count). The van der Waals surface area contributed by atoms with Gasteiger partial charge in [0.05, 0.1) is 0 Å². The van der Waals surface area contributed by atoms with Crippen molar-refractivity contribution in [1.29, 1.82) is 0 Å². The molecule has 0 aliphatic carbocycles. The van der Waals surface area contributed by atoms with E-state index in [4.69, 9.17) is 4.42 Å². The second-order valence-corrected chi connectivity index (χ2v) is 5.45. The zero-order valence-electron chi connectivity index (χ0n) is 12.5. The van der Waals surface area contributed by atoms with E-state index in [1.165, 1.54) is 17.5 Å². The average Bonchev–Trinajstić information content (AvgIpc) is 2.53. The highest BCUT2D eigenvalue weighted by Gasteiger charge is 2.09. The first-order valence-corrected chi connectivity index (χ1v) is 6.99. The van der Waals surface area contributed by atoms with Gasteiger partial charge in [0.2, 0.25) is 0 Å². The number of aryl methyl sites for hydroxylation is 2. The van der Waals surface area contributed by atoms with Gasteiger partial charge >= 0.3 is 0 Å². The number of hydrogen-bond donors (Lipinski definition) is 2. The molecule has 1 heterocycles. The van der Waals surface area contributed by atoms with Gasteiger partial charge in [0.1, 0.15) is 11.5 Å². The second-order valence-electron chi connectivity index (χ2n) is 5.45. The van der Waals surface area contributed by atoms with Gasteiger partial charge in [-0.05, 0) is 58.3 Å². The molecule has 0 radical (unpaired) electrons. The lowest BCUT2D eigenvalue weighted by Gasteiger charge is -2.08. The molecule has 18 heavy (non-hydrogen) atoms. The maximum atomic E-state index is 5.61. The molecule has 2 N–H and O–H groups in total. The molecule has 0 aliphatic rings. The van der Waals surface area contributed by atoms with E-state index in [-0.39, 0.29) is 0 Å². The normalized spacial score (nSPS) is 11.4. The topological polar surface area (TPSA) is 37.2 Å². The highest BCUT2D eigenvalue weighted by Crippen LogP contribution is 2.20. The van der Waals surface area contributed by atoms with Crippen molar-refractivity contribution in [2.24, 2.45) is 5.92 Å². The molecule has 1 aromatic heterocycles. The smallest absolute Gasteiger partial charge is 0.105 e. The van der Waals surface area contributed by atoms with Crippen molar-refractivity contribution in [2.45, 2.75) is 47.6 Å². The van der Waals surface area contributed by atoms with Crippen LogP contribution in [-0.2, 0) is 6.54 Å². The summed E-state index contributed by atoms with van der Waals surface area (Å²) in [5.41, 5.74) is 2.61. The van der Waals surface area contributed by atoms with E-state index < -0.39 is 0 Å². The van der Waals surface area contributed by atoms with Crippen LogP contribution in [0, 0.1) is 26.7 Å². The van der Waals surface area contributed by atoms with Crippen molar-refractivity contribution in [1.82, 2.24) is 10.6 Å². The van der Waals surface area contributed by atoms with Crippen LogP contribution in [0.25, 0.3) is 0 Å². The molecular weight excluding hydrogens is 224 g/mol. The predicted molar refractivity (Wildman–Crippen MR) is 77.0 cm³/mol. The third kappa shape index (κ3) is 4.83. The number of hydrogen-bond acceptors (Lipinski definition) is 3. The lowest BCUT2D eigenvalue weighted by atomic mass is 10.1. The summed E-state index contributed by atoms with van der Waals surface area (Å²) in [6.07, 6.45) is 1.17. The third-order valence-electron chi connectivity index (χ3n) is 3.27. The van der Waals surface area contributed by atoms with E-state index in [1.54, 1.807) is 0 Å². The fourth-order valence-corrected chi connectivity index (χ4v) is 2.04. The predicted octanol–water partition coefficient (Wildman–Crippen LogP) is 2.93. The molecule has 0 amide bonds. The summed E-state index contributed by atoms with van der Waals surface area (Å²) < 4.78 is 5.61. The van der Waals surface area contributed by atoms with E-state index in [2.05, 4.69) is 31.4 Å². The van der Waals surface area contributed by atoms with E-state index in [0.717, 1.165) is 43.6 Å². The summed E-state index contributed by atoms with van der Waals surface area (Å²) >= 11 is 0. The molecule has 0 unspecified atom stereocenters. The van der Waals surface area contributed by atoms with Gasteiger partial charge < -0.3 is 15.1 Å². The molecule has 0 spiro atoms. The van der Waals surface area contributed by atoms with Crippen molar-refractivity contribution in [3.8, 4) is 0 Å². The first kappa shape index (κ1) is 15.3. The van der Waals surface area contributed by atoms with Crippen molar-refractivity contribution in [2.75, 3.05) is 19.6 Å². The van der Waals surface area contributed by atoms with Gasteiger partial charge in [-0.2, -0.15) is 0 Å². The summed E-state index contributed by atoms with van der Waals surface area (Å²) in [7, 11) is 0. The summed E-state index contributed by atoms with van der Waals surface area (Å²) in [6.45, 7) is 14.8. The zero-order valence-corrected chi connectivity index (χ0v) is 12.5. The molecule has 3 nitrogen and oxygen atoms in total. The molecule has 1 aromatic rings. The van der Waals surface area contributed by atoms with E-state index in [9.17, 15) is 0 Å². The third-order valence-corrected chi connectivity index (χ3v) is 3.27. The van der Waals surface area contributed by atoms with E-state index in [0.29, 0.717) is 0 Å². The maximum Gasteiger partial charge on any atom is 0.105 e. The molecule has 0 saturated carbocycles. The van der Waals surface area contributed by atoms with Crippen LogP contribution in [0.5, 0.6) is 0 Å². The highest BCUT2D eigenvalue weighted by molar-refractivity contribution is 5.31. The van der Waals surface area contributed by atoms with Gasteiger partial charge in [0.25, 0.3) is 0 Å². The largest absolute Gasteiger partial charge is 0.466 e. The van der Waals surface area contributed by atoms with Gasteiger partial charge in [-0.25, -0.2) is 0 Å². The van der Waals surface area contributed by atoms with Crippen LogP contribution in [0.15, 0.2) is 4.42 Å². The minimum Gasteiger partial charge on any atom is -0.466 e. The van der Waals surface area contributed by atoms with Gasteiger partial charge in [-0.15, -0.1) is 0 Å². The van der Waals surface area contributed by atoms with Crippen LogP contribution in [0.3, 0.4) is 0 Å². The summed E-state index contributed by atoms with van der Waals surface area (Å²) in [4.78, 5) is 0. The lowest BCUT2D eigenvalue weighted by molar-refractivity contribution is 0.496. The number of furan rings is 1. The van der Waals surface area contributed by atoms with E-state index in [1.807, 2.05) is 13.8 Å². The summed E-state index contributed by atoms with van der Waals surface area (Å²) in [5.74, 6) is 2.83. The Kier molecular flexibility index (Phi) is 6.44. The van der Waals surface area contributed by atoms with Crippen LogP contribution in [0.1, 0.15) is 42.9 Å². The highest BCUT2D eigenvalue weighted by atomic mass is 16.3. The van der Waals surface area contributed by atoms with Crippen molar-refractivity contribution < 1.29 is 4.42 Å². The van der Waals surface area contributed by atoms with Gasteiger partial charge in [0.15, 0.2) is 0 Å². The van der Waals surface area contributed by atoms with Gasteiger partial charge in [-0.3, -0.25) is 0 Å². The Morgan fingerprint density at radius 3 is 2.22 bits per heavy atom. The van der Waals surface area contributed by atoms with Crippen LogP contribution in [0.4, 0.5) is 0 Å². The zero-order chi connectivity index (χ0) is 13.5. The number of nitrogens with one attached hydrogen (secondary N) is 2. The Balaban J connectivity index is 2.14. The monoisotopic (exact) mass is 252 g/mol. The Hall–Kier alpha value is -0.800. The molecule has 3 heteroatoms. The quantitative estimate of drug-likeness (QED) is 0.699. The van der Waals surface area contributed by atoms with E-state index >= 15 is 0 Å². The van der Waals surface area contributed by atoms with Gasteiger partial charge in [-0.1, -0.05) is 13.8 Å². The van der Waals surface area contributed by atoms with Crippen LogP contribution in [0.2, 0.25) is 0 Å². The van der Waals surface area contributed by atoms with Crippen molar-refractivity contribution in [3.63, 3.8) is 0 Å². The fourth-order valence-electron chi connectivity index (χ4n) is 2.04. The summed E-state index contributed by atoms with van der Waals surface area (Å²) in [5, 5.41) is 6.94. The molecule has 0 atom stereocenters. The average molecular weight is 252 g/mol. The standard InChI is InChI=1S/C15H28N2O/c1-11(2)9-16-7-6-8-17-10-15-12(3)13(4)18-14(15)5/h11,16-17H,6-10H2,1-5H3. The summed E-state index contributed by atoms with van der Waals surface area (Å²) in [6, 6.07) is 0. The van der Waals surface area contributed by atoms with Crippen LogP contribution in [-0.4, -0.2) is 19.6 Å². The molecule has 0 fully saturated rings. The Morgan fingerprint density at radius 1 is 1.00 bits per heavy atom.